The summed E-state index contributed by atoms with van der Waals surface area (Å²) in [5.41, 5.74) is 0.465. The van der Waals surface area contributed by atoms with E-state index in [1.54, 1.807) is 12.1 Å². The lowest BCUT2D eigenvalue weighted by molar-refractivity contribution is -0.386. The van der Waals surface area contributed by atoms with Gasteiger partial charge in [-0.05, 0) is 29.7 Å². The minimum atomic E-state index is -0.354. The van der Waals surface area contributed by atoms with Gasteiger partial charge in [0.15, 0.2) is 0 Å². The average Bonchev–Trinajstić information content (AvgIpc) is 2.38. The van der Waals surface area contributed by atoms with Crippen LogP contribution in [0.2, 0.25) is 0 Å². The van der Waals surface area contributed by atoms with E-state index in [1.807, 2.05) is 51.1 Å². The Morgan fingerprint density at radius 2 is 1.65 bits per heavy atom. The zero-order chi connectivity index (χ0) is 14.8. The summed E-state index contributed by atoms with van der Waals surface area (Å²) >= 11 is 0. The molecule has 0 heterocycles. The molecule has 0 spiro atoms. The van der Waals surface area contributed by atoms with Crippen LogP contribution in [0.4, 0.5) is 5.69 Å². The summed E-state index contributed by atoms with van der Waals surface area (Å²) in [5, 5.41) is 11.1. The third-order valence-electron chi connectivity index (χ3n) is 2.95. The van der Waals surface area contributed by atoms with Crippen LogP contribution in [0, 0.1) is 10.1 Å². The molecular weight excluding hydrogens is 254 g/mol. The molecule has 0 aromatic heterocycles. The van der Waals surface area contributed by atoms with Crippen LogP contribution in [0.15, 0.2) is 48.5 Å². The molecule has 0 N–H and O–H groups in total. The minimum Gasteiger partial charge on any atom is -0.457 e. The standard InChI is InChI=1S/C16H17NO3/c1-16(2,3)14-11-13(9-10-15(14)17(18)19)20-12-7-5-4-6-8-12/h4-11H,1-3H3. The number of nitrogens with zero attached hydrogens (tertiary/aromatic N) is 1. The topological polar surface area (TPSA) is 52.4 Å². The molecule has 2 aromatic carbocycles. The van der Waals surface area contributed by atoms with Crippen molar-refractivity contribution in [2.24, 2.45) is 0 Å². The Labute approximate surface area is 118 Å². The second kappa shape index (κ2) is 5.33. The smallest absolute Gasteiger partial charge is 0.273 e. The molecule has 0 saturated heterocycles. The van der Waals surface area contributed by atoms with E-state index in [4.69, 9.17) is 4.74 Å². The van der Waals surface area contributed by atoms with Crippen molar-refractivity contribution in [1.29, 1.82) is 0 Å². The molecule has 2 aromatic rings. The summed E-state index contributed by atoms with van der Waals surface area (Å²) in [6.07, 6.45) is 0. The molecule has 4 heteroatoms. The van der Waals surface area contributed by atoms with Crippen molar-refractivity contribution in [3.8, 4) is 11.5 Å². The van der Waals surface area contributed by atoms with Gasteiger partial charge >= 0.3 is 0 Å². The van der Waals surface area contributed by atoms with Gasteiger partial charge in [0.1, 0.15) is 11.5 Å². The van der Waals surface area contributed by atoms with E-state index in [0.29, 0.717) is 17.1 Å². The Hall–Kier alpha value is -2.36. The number of nitro benzene ring substituents is 1. The van der Waals surface area contributed by atoms with Crippen molar-refractivity contribution >= 4 is 5.69 Å². The van der Waals surface area contributed by atoms with Crippen LogP contribution in [0.25, 0.3) is 0 Å². The largest absolute Gasteiger partial charge is 0.457 e. The molecule has 0 aliphatic rings. The number of hydrogen-bond acceptors (Lipinski definition) is 3. The van der Waals surface area contributed by atoms with Gasteiger partial charge in [-0.3, -0.25) is 10.1 Å². The summed E-state index contributed by atoms with van der Waals surface area (Å²) in [4.78, 5) is 10.7. The van der Waals surface area contributed by atoms with E-state index in [-0.39, 0.29) is 16.0 Å². The van der Waals surface area contributed by atoms with Crippen LogP contribution in [0.1, 0.15) is 26.3 Å². The fourth-order valence-electron chi connectivity index (χ4n) is 1.96. The van der Waals surface area contributed by atoms with Crippen LogP contribution >= 0.6 is 0 Å². The molecule has 0 aliphatic heterocycles. The Balaban J connectivity index is 2.40. The molecular formula is C16H17NO3. The van der Waals surface area contributed by atoms with Gasteiger partial charge in [-0.25, -0.2) is 0 Å². The SMILES string of the molecule is CC(C)(C)c1cc(Oc2ccccc2)ccc1[N+](=O)[O-]. The van der Waals surface area contributed by atoms with Crippen molar-refractivity contribution in [2.45, 2.75) is 26.2 Å². The third-order valence-corrected chi connectivity index (χ3v) is 2.95. The lowest BCUT2D eigenvalue weighted by Gasteiger charge is -2.19. The van der Waals surface area contributed by atoms with Gasteiger partial charge in [-0.2, -0.15) is 0 Å². The number of ether oxygens (including phenoxy) is 1. The summed E-state index contributed by atoms with van der Waals surface area (Å²) in [7, 11) is 0. The van der Waals surface area contributed by atoms with E-state index in [0.717, 1.165) is 0 Å². The van der Waals surface area contributed by atoms with Crippen LogP contribution < -0.4 is 4.74 Å². The maximum atomic E-state index is 11.1. The van der Waals surface area contributed by atoms with Gasteiger partial charge in [0.05, 0.1) is 4.92 Å². The highest BCUT2D eigenvalue weighted by Crippen LogP contribution is 2.35. The molecule has 0 saturated carbocycles. The molecule has 0 bridgehead atoms. The molecule has 0 atom stereocenters. The van der Waals surface area contributed by atoms with E-state index in [1.165, 1.54) is 6.07 Å². The highest BCUT2D eigenvalue weighted by molar-refractivity contribution is 5.49. The first-order valence-electron chi connectivity index (χ1n) is 6.40. The maximum Gasteiger partial charge on any atom is 0.273 e. The van der Waals surface area contributed by atoms with Gasteiger partial charge < -0.3 is 4.74 Å². The second-order valence-corrected chi connectivity index (χ2v) is 5.60. The van der Waals surface area contributed by atoms with E-state index in [2.05, 4.69) is 0 Å². The molecule has 2 rings (SSSR count). The predicted molar refractivity (Wildman–Crippen MR) is 78.3 cm³/mol. The Kier molecular flexibility index (Phi) is 3.74. The molecule has 20 heavy (non-hydrogen) atoms. The number of nitro groups is 1. The Morgan fingerprint density at radius 3 is 2.20 bits per heavy atom. The number of para-hydroxylation sites is 1. The van der Waals surface area contributed by atoms with Crippen molar-refractivity contribution in [1.82, 2.24) is 0 Å². The van der Waals surface area contributed by atoms with Gasteiger partial charge in [0.25, 0.3) is 5.69 Å². The fourth-order valence-corrected chi connectivity index (χ4v) is 1.96. The molecule has 104 valence electrons. The zero-order valence-electron chi connectivity index (χ0n) is 11.8. The van der Waals surface area contributed by atoms with Crippen LogP contribution in [0.5, 0.6) is 11.5 Å². The molecule has 4 nitrogen and oxygen atoms in total. The number of hydrogen-bond donors (Lipinski definition) is 0. The average molecular weight is 271 g/mol. The van der Waals surface area contributed by atoms with Crippen LogP contribution in [-0.2, 0) is 5.41 Å². The maximum absolute atomic E-state index is 11.1. The van der Waals surface area contributed by atoms with E-state index in [9.17, 15) is 10.1 Å². The van der Waals surface area contributed by atoms with Crippen LogP contribution in [-0.4, -0.2) is 4.92 Å². The predicted octanol–water partition coefficient (Wildman–Crippen LogP) is 4.68. The van der Waals surface area contributed by atoms with E-state index >= 15 is 0 Å². The third kappa shape index (κ3) is 3.15. The lowest BCUT2D eigenvalue weighted by atomic mass is 9.85. The first-order chi connectivity index (χ1) is 9.38. The first kappa shape index (κ1) is 14.1. The quantitative estimate of drug-likeness (QED) is 0.601. The number of rotatable bonds is 3. The minimum absolute atomic E-state index is 0.123. The normalized spacial score (nSPS) is 11.2. The zero-order valence-corrected chi connectivity index (χ0v) is 11.8. The van der Waals surface area contributed by atoms with E-state index < -0.39 is 0 Å². The lowest BCUT2D eigenvalue weighted by Crippen LogP contribution is -2.13. The summed E-state index contributed by atoms with van der Waals surface area (Å²) in [5.74, 6) is 1.31. The summed E-state index contributed by atoms with van der Waals surface area (Å²) in [6, 6.07) is 14.2. The first-order valence-corrected chi connectivity index (χ1v) is 6.40. The molecule has 0 aliphatic carbocycles. The van der Waals surface area contributed by atoms with Gasteiger partial charge in [-0.1, -0.05) is 39.0 Å². The summed E-state index contributed by atoms with van der Waals surface area (Å²) < 4.78 is 5.73. The van der Waals surface area contributed by atoms with Crippen molar-refractivity contribution in [3.63, 3.8) is 0 Å². The second-order valence-electron chi connectivity index (χ2n) is 5.60. The monoisotopic (exact) mass is 271 g/mol. The van der Waals surface area contributed by atoms with Gasteiger partial charge in [0.2, 0.25) is 0 Å². The highest BCUT2D eigenvalue weighted by atomic mass is 16.6. The highest BCUT2D eigenvalue weighted by Gasteiger charge is 2.25. The molecule has 0 unspecified atom stereocenters. The fraction of sp³-hybridized carbons (Fsp3) is 0.250. The molecule has 0 radical (unpaired) electrons. The van der Waals surface area contributed by atoms with Gasteiger partial charge in [0, 0.05) is 11.6 Å². The Bertz CT molecular complexity index is 615. The molecule has 0 amide bonds. The van der Waals surface area contributed by atoms with Crippen molar-refractivity contribution in [3.05, 3.63) is 64.2 Å². The molecule has 0 fully saturated rings. The summed E-state index contributed by atoms with van der Waals surface area (Å²) in [6.45, 7) is 5.84. The van der Waals surface area contributed by atoms with Crippen LogP contribution in [0.3, 0.4) is 0 Å². The van der Waals surface area contributed by atoms with Gasteiger partial charge in [-0.15, -0.1) is 0 Å². The Morgan fingerprint density at radius 1 is 1.00 bits per heavy atom. The number of benzene rings is 2. The van der Waals surface area contributed by atoms with Crippen molar-refractivity contribution in [2.75, 3.05) is 0 Å². The van der Waals surface area contributed by atoms with Crippen molar-refractivity contribution < 1.29 is 9.66 Å².